The minimum atomic E-state index is 0.861. The molecule has 1 aromatic carbocycles. The van der Waals surface area contributed by atoms with Gasteiger partial charge in [0.05, 0.1) is 11.0 Å². The summed E-state index contributed by atoms with van der Waals surface area (Å²) in [5, 5.41) is 3.25. The zero-order chi connectivity index (χ0) is 9.80. The van der Waals surface area contributed by atoms with Crippen molar-refractivity contribution in [2.24, 2.45) is 0 Å². The van der Waals surface area contributed by atoms with Crippen molar-refractivity contribution in [2.45, 2.75) is 0 Å². The minimum Gasteiger partial charge on any atom is -0.355 e. The molecule has 0 unspecified atom stereocenters. The zero-order valence-corrected chi connectivity index (χ0v) is 8.90. The Bertz CT molecular complexity index is 377. The lowest BCUT2D eigenvalue weighted by Crippen LogP contribution is -2.04. The molecule has 0 atom stereocenters. The number of aromatic nitrogens is 2. The van der Waals surface area contributed by atoms with Crippen LogP contribution >= 0.6 is 11.8 Å². The molecule has 0 amide bonds. The van der Waals surface area contributed by atoms with Gasteiger partial charge in [0, 0.05) is 12.3 Å². The fourth-order valence-electron chi connectivity index (χ4n) is 1.31. The summed E-state index contributed by atoms with van der Waals surface area (Å²) in [6.07, 6.45) is 2.10. The number of para-hydroxylation sites is 2. The average molecular weight is 207 g/mol. The first-order chi connectivity index (χ1) is 6.90. The highest BCUT2D eigenvalue weighted by Gasteiger charge is 1.99. The Balaban J connectivity index is 2.11. The van der Waals surface area contributed by atoms with E-state index in [2.05, 4.69) is 21.5 Å². The van der Waals surface area contributed by atoms with Crippen molar-refractivity contribution in [1.82, 2.24) is 9.97 Å². The molecule has 0 aliphatic rings. The minimum absolute atomic E-state index is 0.861. The molecule has 0 aliphatic heterocycles. The summed E-state index contributed by atoms with van der Waals surface area (Å²) in [5.74, 6) is 1.96. The van der Waals surface area contributed by atoms with E-state index in [1.807, 2.05) is 36.0 Å². The largest absolute Gasteiger partial charge is 0.355 e. The lowest BCUT2D eigenvalue weighted by Gasteiger charge is -1.98. The molecule has 2 rings (SSSR count). The lowest BCUT2D eigenvalue weighted by atomic mass is 10.3. The third-order valence-electron chi connectivity index (χ3n) is 1.99. The van der Waals surface area contributed by atoms with Crippen LogP contribution in [0, 0.1) is 0 Å². The van der Waals surface area contributed by atoms with E-state index in [4.69, 9.17) is 0 Å². The molecule has 0 saturated carbocycles. The van der Waals surface area contributed by atoms with Crippen LogP contribution in [-0.4, -0.2) is 28.5 Å². The molecular weight excluding hydrogens is 194 g/mol. The van der Waals surface area contributed by atoms with Crippen LogP contribution in [0.1, 0.15) is 0 Å². The van der Waals surface area contributed by atoms with Gasteiger partial charge in [-0.3, -0.25) is 0 Å². The number of thioether (sulfide) groups is 1. The van der Waals surface area contributed by atoms with Gasteiger partial charge in [-0.25, -0.2) is 4.98 Å². The zero-order valence-electron chi connectivity index (χ0n) is 8.08. The van der Waals surface area contributed by atoms with Crippen LogP contribution in [0.25, 0.3) is 11.0 Å². The molecule has 0 saturated heterocycles. The van der Waals surface area contributed by atoms with Crippen LogP contribution < -0.4 is 5.32 Å². The van der Waals surface area contributed by atoms with Crippen LogP contribution in [0.15, 0.2) is 24.3 Å². The number of fused-ring (bicyclic) bond motifs is 1. The second kappa shape index (κ2) is 4.37. The molecule has 1 heterocycles. The SMILES string of the molecule is CSCCNc1nc2ccccc2[nH]1. The summed E-state index contributed by atoms with van der Waals surface area (Å²) in [4.78, 5) is 7.63. The number of hydrogen-bond donors (Lipinski definition) is 2. The van der Waals surface area contributed by atoms with E-state index in [0.29, 0.717) is 0 Å². The van der Waals surface area contributed by atoms with Crippen LogP contribution in [0.2, 0.25) is 0 Å². The predicted molar refractivity (Wildman–Crippen MR) is 63.0 cm³/mol. The number of nitrogens with zero attached hydrogens (tertiary/aromatic N) is 1. The van der Waals surface area contributed by atoms with E-state index in [-0.39, 0.29) is 0 Å². The van der Waals surface area contributed by atoms with Gasteiger partial charge in [-0.1, -0.05) is 12.1 Å². The standard InChI is InChI=1S/C10H13N3S/c1-14-7-6-11-10-12-8-4-2-3-5-9(8)13-10/h2-5H,6-7H2,1H3,(H2,11,12,13). The molecule has 3 nitrogen and oxygen atoms in total. The van der Waals surface area contributed by atoms with Crippen LogP contribution in [0.4, 0.5) is 5.95 Å². The molecule has 4 heteroatoms. The first-order valence-electron chi connectivity index (χ1n) is 4.58. The summed E-state index contributed by atoms with van der Waals surface area (Å²) >= 11 is 1.82. The summed E-state index contributed by atoms with van der Waals surface area (Å²) in [6.45, 7) is 0.945. The maximum Gasteiger partial charge on any atom is 0.201 e. The maximum atomic E-state index is 4.41. The number of H-pyrrole nitrogens is 1. The topological polar surface area (TPSA) is 40.7 Å². The maximum absolute atomic E-state index is 4.41. The first kappa shape index (κ1) is 9.40. The number of aromatic amines is 1. The first-order valence-corrected chi connectivity index (χ1v) is 5.97. The van der Waals surface area contributed by atoms with E-state index in [9.17, 15) is 0 Å². The molecule has 0 spiro atoms. The molecule has 1 aromatic heterocycles. The Morgan fingerprint density at radius 1 is 1.43 bits per heavy atom. The molecule has 74 valence electrons. The van der Waals surface area contributed by atoms with Crippen molar-refractivity contribution < 1.29 is 0 Å². The Morgan fingerprint density at radius 3 is 3.07 bits per heavy atom. The monoisotopic (exact) mass is 207 g/mol. The molecule has 2 N–H and O–H groups in total. The Morgan fingerprint density at radius 2 is 2.29 bits per heavy atom. The van der Waals surface area contributed by atoms with Gasteiger partial charge >= 0.3 is 0 Å². The molecule has 0 fully saturated rings. The number of anilines is 1. The second-order valence-corrected chi connectivity index (χ2v) is 4.01. The molecule has 2 aromatic rings. The Labute approximate surface area is 87.3 Å². The van der Waals surface area contributed by atoms with Gasteiger partial charge in [-0.2, -0.15) is 11.8 Å². The van der Waals surface area contributed by atoms with Crippen molar-refractivity contribution in [3.8, 4) is 0 Å². The number of nitrogens with one attached hydrogen (secondary N) is 2. The van der Waals surface area contributed by atoms with Crippen molar-refractivity contribution in [2.75, 3.05) is 23.9 Å². The summed E-state index contributed by atoms with van der Waals surface area (Å²) in [5.41, 5.74) is 2.10. The van der Waals surface area contributed by atoms with Crippen molar-refractivity contribution in [3.05, 3.63) is 24.3 Å². The third-order valence-corrected chi connectivity index (χ3v) is 2.60. The summed E-state index contributed by atoms with van der Waals surface area (Å²) < 4.78 is 0. The van der Waals surface area contributed by atoms with E-state index in [1.54, 1.807) is 0 Å². The molecule has 0 radical (unpaired) electrons. The van der Waals surface area contributed by atoms with Gasteiger partial charge < -0.3 is 10.3 Å². The molecular formula is C10H13N3S. The van der Waals surface area contributed by atoms with Gasteiger partial charge in [-0.15, -0.1) is 0 Å². The molecule has 0 aliphatic carbocycles. The average Bonchev–Trinajstić information content (AvgIpc) is 2.60. The highest BCUT2D eigenvalue weighted by Crippen LogP contribution is 2.12. The fraction of sp³-hybridized carbons (Fsp3) is 0.300. The lowest BCUT2D eigenvalue weighted by molar-refractivity contribution is 1.16. The fourth-order valence-corrected chi connectivity index (χ4v) is 1.61. The number of benzene rings is 1. The van der Waals surface area contributed by atoms with Crippen molar-refractivity contribution >= 4 is 28.7 Å². The van der Waals surface area contributed by atoms with E-state index >= 15 is 0 Å². The van der Waals surface area contributed by atoms with Gasteiger partial charge in [0.1, 0.15) is 0 Å². The smallest absolute Gasteiger partial charge is 0.201 e. The molecule has 0 bridgehead atoms. The second-order valence-electron chi connectivity index (χ2n) is 3.02. The predicted octanol–water partition coefficient (Wildman–Crippen LogP) is 2.34. The Kier molecular flexibility index (Phi) is 2.93. The van der Waals surface area contributed by atoms with E-state index in [0.717, 1.165) is 29.3 Å². The van der Waals surface area contributed by atoms with Gasteiger partial charge in [-0.05, 0) is 18.4 Å². The highest BCUT2D eigenvalue weighted by molar-refractivity contribution is 7.98. The van der Waals surface area contributed by atoms with Crippen LogP contribution in [0.5, 0.6) is 0 Å². The van der Waals surface area contributed by atoms with Crippen molar-refractivity contribution in [3.63, 3.8) is 0 Å². The third kappa shape index (κ3) is 2.01. The number of hydrogen-bond acceptors (Lipinski definition) is 3. The van der Waals surface area contributed by atoms with Gasteiger partial charge in [0.2, 0.25) is 5.95 Å². The normalized spacial score (nSPS) is 10.6. The van der Waals surface area contributed by atoms with E-state index < -0.39 is 0 Å². The number of imidazole rings is 1. The van der Waals surface area contributed by atoms with E-state index in [1.165, 1.54) is 0 Å². The van der Waals surface area contributed by atoms with Crippen LogP contribution in [0.3, 0.4) is 0 Å². The summed E-state index contributed by atoms with van der Waals surface area (Å²) in [6, 6.07) is 8.04. The number of rotatable bonds is 4. The van der Waals surface area contributed by atoms with Gasteiger partial charge in [0.25, 0.3) is 0 Å². The van der Waals surface area contributed by atoms with Gasteiger partial charge in [0.15, 0.2) is 0 Å². The quantitative estimate of drug-likeness (QED) is 0.756. The Hall–Kier alpha value is -1.16. The molecule has 14 heavy (non-hydrogen) atoms. The van der Waals surface area contributed by atoms with Crippen LogP contribution in [-0.2, 0) is 0 Å². The highest BCUT2D eigenvalue weighted by atomic mass is 32.2. The summed E-state index contributed by atoms with van der Waals surface area (Å²) in [7, 11) is 0. The van der Waals surface area contributed by atoms with Crippen molar-refractivity contribution in [1.29, 1.82) is 0 Å².